The van der Waals surface area contributed by atoms with E-state index in [2.05, 4.69) is 0 Å². The number of aliphatic hydroxyl groups excluding tert-OH is 1. The van der Waals surface area contributed by atoms with Gasteiger partial charge in [0.2, 0.25) is 0 Å². The lowest BCUT2D eigenvalue weighted by Crippen LogP contribution is -2.40. The number of alkyl halides is 3. The van der Waals surface area contributed by atoms with Gasteiger partial charge in [0.05, 0.1) is 6.07 Å². The highest BCUT2D eigenvalue weighted by molar-refractivity contribution is 4.91. The maximum atomic E-state index is 12.4. The first-order valence-corrected chi connectivity index (χ1v) is 5.14. The van der Waals surface area contributed by atoms with E-state index in [1.165, 1.54) is 6.07 Å². The van der Waals surface area contributed by atoms with Gasteiger partial charge in [0.25, 0.3) is 0 Å². The van der Waals surface area contributed by atoms with E-state index in [0.717, 1.165) is 0 Å². The molecule has 1 unspecified atom stereocenters. The number of halogens is 3. The number of aliphatic hydroxyl groups is 1. The minimum Gasteiger partial charge on any atom is -0.396 e. The molecule has 16 heavy (non-hydrogen) atoms. The Kier molecular flexibility index (Phi) is 6.38. The van der Waals surface area contributed by atoms with Crippen molar-refractivity contribution in [1.29, 1.82) is 5.26 Å². The monoisotopic (exact) mass is 238 g/mol. The molecule has 0 aliphatic carbocycles. The second-order valence-electron chi connectivity index (χ2n) is 3.89. The molecule has 0 aromatic rings. The molecule has 0 saturated heterocycles. The van der Waals surface area contributed by atoms with Crippen LogP contribution in [-0.4, -0.2) is 41.9 Å². The molecule has 1 atom stereocenters. The average Bonchev–Trinajstić information content (AvgIpc) is 2.15. The van der Waals surface area contributed by atoms with E-state index >= 15 is 0 Å². The summed E-state index contributed by atoms with van der Waals surface area (Å²) in [6.07, 6.45) is -4.07. The van der Waals surface area contributed by atoms with Gasteiger partial charge in [-0.05, 0) is 20.3 Å². The summed E-state index contributed by atoms with van der Waals surface area (Å²) < 4.78 is 37.1. The molecule has 6 heteroatoms. The molecule has 0 aromatic carbocycles. The van der Waals surface area contributed by atoms with Gasteiger partial charge in [0.15, 0.2) is 5.92 Å². The van der Waals surface area contributed by atoms with E-state index in [1.807, 2.05) is 0 Å². The quantitative estimate of drug-likeness (QED) is 0.767. The zero-order chi connectivity index (χ0) is 12.8. The molecule has 0 aromatic heterocycles. The Morgan fingerprint density at radius 1 is 1.38 bits per heavy atom. The van der Waals surface area contributed by atoms with Gasteiger partial charge in [-0.25, -0.2) is 0 Å². The molecule has 0 rings (SSSR count). The standard InChI is InChI=1S/C10H17F3N2O/c1-8(2)15(4-3-5-16)7-9(6-14)10(11,12)13/h8-9,16H,3-5,7H2,1-2H3. The Hall–Kier alpha value is -0.800. The summed E-state index contributed by atoms with van der Waals surface area (Å²) in [7, 11) is 0. The van der Waals surface area contributed by atoms with E-state index in [-0.39, 0.29) is 19.2 Å². The van der Waals surface area contributed by atoms with Gasteiger partial charge in [-0.15, -0.1) is 0 Å². The topological polar surface area (TPSA) is 47.3 Å². The largest absolute Gasteiger partial charge is 0.405 e. The van der Waals surface area contributed by atoms with Crippen molar-refractivity contribution in [2.75, 3.05) is 19.7 Å². The normalized spacial score (nSPS) is 14.2. The van der Waals surface area contributed by atoms with Crippen molar-refractivity contribution < 1.29 is 18.3 Å². The third kappa shape index (κ3) is 5.33. The van der Waals surface area contributed by atoms with Gasteiger partial charge in [0.1, 0.15) is 0 Å². The minimum atomic E-state index is -4.49. The Morgan fingerprint density at radius 3 is 2.25 bits per heavy atom. The molecule has 0 aliphatic rings. The number of rotatable bonds is 6. The van der Waals surface area contributed by atoms with Crippen LogP contribution < -0.4 is 0 Å². The molecule has 0 radical (unpaired) electrons. The van der Waals surface area contributed by atoms with Crippen LogP contribution in [0.25, 0.3) is 0 Å². The van der Waals surface area contributed by atoms with Crippen LogP contribution in [0.2, 0.25) is 0 Å². The molecule has 0 fully saturated rings. The summed E-state index contributed by atoms with van der Waals surface area (Å²) in [5.74, 6) is -1.96. The fraction of sp³-hybridized carbons (Fsp3) is 0.900. The first-order valence-electron chi connectivity index (χ1n) is 5.14. The van der Waals surface area contributed by atoms with Crippen LogP contribution in [0.4, 0.5) is 13.2 Å². The maximum absolute atomic E-state index is 12.4. The summed E-state index contributed by atoms with van der Waals surface area (Å²) >= 11 is 0. The van der Waals surface area contributed by atoms with Crippen LogP contribution in [-0.2, 0) is 0 Å². The summed E-state index contributed by atoms with van der Waals surface area (Å²) in [4.78, 5) is 1.55. The summed E-state index contributed by atoms with van der Waals surface area (Å²) in [6.45, 7) is 3.50. The van der Waals surface area contributed by atoms with E-state index < -0.39 is 12.1 Å². The second-order valence-corrected chi connectivity index (χ2v) is 3.89. The molecule has 0 saturated carbocycles. The number of nitriles is 1. The highest BCUT2D eigenvalue weighted by Crippen LogP contribution is 2.26. The Morgan fingerprint density at radius 2 is 1.94 bits per heavy atom. The van der Waals surface area contributed by atoms with Gasteiger partial charge in [-0.1, -0.05) is 0 Å². The van der Waals surface area contributed by atoms with E-state index in [9.17, 15) is 13.2 Å². The van der Waals surface area contributed by atoms with Gasteiger partial charge in [-0.3, -0.25) is 4.90 Å². The van der Waals surface area contributed by atoms with Crippen molar-refractivity contribution in [2.45, 2.75) is 32.5 Å². The van der Waals surface area contributed by atoms with Gasteiger partial charge < -0.3 is 5.11 Å². The first kappa shape index (κ1) is 15.2. The number of nitrogens with zero attached hydrogens (tertiary/aromatic N) is 2. The molecule has 0 aliphatic heterocycles. The third-order valence-electron chi connectivity index (χ3n) is 2.30. The Bertz CT molecular complexity index is 235. The second kappa shape index (κ2) is 6.71. The predicted octanol–water partition coefficient (Wildman–Crippen LogP) is 1.78. The third-order valence-corrected chi connectivity index (χ3v) is 2.30. The van der Waals surface area contributed by atoms with E-state index in [1.54, 1.807) is 18.7 Å². The number of hydrogen-bond acceptors (Lipinski definition) is 3. The van der Waals surface area contributed by atoms with E-state index in [0.29, 0.717) is 13.0 Å². The highest BCUT2D eigenvalue weighted by atomic mass is 19.4. The van der Waals surface area contributed by atoms with Crippen LogP contribution in [0, 0.1) is 17.2 Å². The van der Waals surface area contributed by atoms with Crippen molar-refractivity contribution in [3.8, 4) is 6.07 Å². The molecular weight excluding hydrogens is 221 g/mol. The van der Waals surface area contributed by atoms with Crippen LogP contribution in [0.3, 0.4) is 0 Å². The molecular formula is C10H17F3N2O. The summed E-state index contributed by atoms with van der Waals surface area (Å²) in [5.41, 5.74) is 0. The van der Waals surface area contributed by atoms with Crippen molar-refractivity contribution >= 4 is 0 Å². The molecule has 1 N–H and O–H groups in total. The average molecular weight is 238 g/mol. The first-order chi connectivity index (χ1) is 7.32. The molecule has 3 nitrogen and oxygen atoms in total. The van der Waals surface area contributed by atoms with Crippen LogP contribution in [0.5, 0.6) is 0 Å². The Balaban J connectivity index is 4.43. The molecule has 0 bridgehead atoms. The lowest BCUT2D eigenvalue weighted by atomic mass is 10.1. The van der Waals surface area contributed by atoms with Gasteiger partial charge in [-0.2, -0.15) is 18.4 Å². The lowest BCUT2D eigenvalue weighted by Gasteiger charge is -2.28. The van der Waals surface area contributed by atoms with Gasteiger partial charge in [0, 0.05) is 25.7 Å². The van der Waals surface area contributed by atoms with Gasteiger partial charge >= 0.3 is 6.18 Å². The molecule has 0 spiro atoms. The van der Waals surface area contributed by atoms with Crippen molar-refractivity contribution in [3.63, 3.8) is 0 Å². The van der Waals surface area contributed by atoms with Crippen LogP contribution >= 0.6 is 0 Å². The van der Waals surface area contributed by atoms with Crippen LogP contribution in [0.1, 0.15) is 20.3 Å². The fourth-order valence-electron chi connectivity index (χ4n) is 1.29. The maximum Gasteiger partial charge on any atom is 0.405 e. The zero-order valence-corrected chi connectivity index (χ0v) is 9.46. The predicted molar refractivity (Wildman–Crippen MR) is 53.6 cm³/mol. The minimum absolute atomic E-state index is 0.0630. The molecule has 0 heterocycles. The zero-order valence-electron chi connectivity index (χ0n) is 9.46. The highest BCUT2D eigenvalue weighted by Gasteiger charge is 2.41. The Labute approximate surface area is 93.5 Å². The fourth-order valence-corrected chi connectivity index (χ4v) is 1.29. The van der Waals surface area contributed by atoms with Crippen molar-refractivity contribution in [2.24, 2.45) is 5.92 Å². The molecule has 0 amide bonds. The van der Waals surface area contributed by atoms with Crippen LogP contribution in [0.15, 0.2) is 0 Å². The summed E-state index contributed by atoms with van der Waals surface area (Å²) in [6, 6.07) is 1.20. The van der Waals surface area contributed by atoms with Crippen molar-refractivity contribution in [3.05, 3.63) is 0 Å². The van der Waals surface area contributed by atoms with E-state index in [4.69, 9.17) is 10.4 Å². The van der Waals surface area contributed by atoms with Crippen molar-refractivity contribution in [1.82, 2.24) is 4.90 Å². The summed E-state index contributed by atoms with van der Waals surface area (Å²) in [5, 5.41) is 17.1. The number of hydrogen-bond donors (Lipinski definition) is 1. The lowest BCUT2D eigenvalue weighted by molar-refractivity contribution is -0.164. The smallest absolute Gasteiger partial charge is 0.396 e. The SMILES string of the molecule is CC(C)N(CCCO)CC(C#N)C(F)(F)F. The molecule has 94 valence electrons.